The van der Waals surface area contributed by atoms with Gasteiger partial charge in [0, 0.05) is 0 Å². The Balaban J connectivity index is 2.48. The summed E-state index contributed by atoms with van der Waals surface area (Å²) in [5.41, 5.74) is 1.46. The molecule has 1 aliphatic rings. The normalized spacial score (nSPS) is 31.6. The molecular formula is C7H12. The van der Waals surface area contributed by atoms with Gasteiger partial charge in [0.05, 0.1) is 0 Å². The van der Waals surface area contributed by atoms with E-state index >= 15 is 0 Å². The summed E-state index contributed by atoms with van der Waals surface area (Å²) in [6, 6.07) is 0. The van der Waals surface area contributed by atoms with Crippen molar-refractivity contribution < 1.29 is 0 Å². The molecule has 0 radical (unpaired) electrons. The van der Waals surface area contributed by atoms with Crippen LogP contribution in [0.3, 0.4) is 0 Å². The van der Waals surface area contributed by atoms with Gasteiger partial charge in [-0.3, -0.25) is 0 Å². The van der Waals surface area contributed by atoms with E-state index in [1.807, 2.05) is 0 Å². The third-order valence-electron chi connectivity index (χ3n) is 1.83. The summed E-state index contributed by atoms with van der Waals surface area (Å²) in [6.45, 7) is 6.19. The Morgan fingerprint density at radius 1 is 1.71 bits per heavy atom. The van der Waals surface area contributed by atoms with Crippen LogP contribution in [0.25, 0.3) is 0 Å². The molecule has 1 aliphatic carbocycles. The van der Waals surface area contributed by atoms with Crippen molar-refractivity contribution in [2.24, 2.45) is 5.92 Å². The quantitative estimate of drug-likeness (QED) is 0.406. The van der Waals surface area contributed by atoms with Crippen LogP contribution in [0.5, 0.6) is 0 Å². The van der Waals surface area contributed by atoms with E-state index in [1.165, 1.54) is 24.8 Å². The van der Waals surface area contributed by atoms with Crippen molar-refractivity contribution in [2.75, 3.05) is 0 Å². The Morgan fingerprint density at radius 2 is 2.43 bits per heavy atom. The van der Waals surface area contributed by atoms with Crippen LogP contribution in [0.1, 0.15) is 26.2 Å². The Kier molecular flexibility index (Phi) is 1.18. The molecule has 0 N–H and O–H groups in total. The summed E-state index contributed by atoms with van der Waals surface area (Å²) in [4.78, 5) is 0. The van der Waals surface area contributed by atoms with Gasteiger partial charge in [-0.2, -0.15) is 0 Å². The summed E-state index contributed by atoms with van der Waals surface area (Å²) in [5.74, 6) is 0.819. The van der Waals surface area contributed by atoms with Crippen molar-refractivity contribution in [1.29, 1.82) is 0 Å². The minimum atomic E-state index is 0.819. The summed E-state index contributed by atoms with van der Waals surface area (Å²) < 4.78 is 0. The van der Waals surface area contributed by atoms with Gasteiger partial charge in [-0.25, -0.2) is 0 Å². The van der Waals surface area contributed by atoms with Gasteiger partial charge in [-0.05, 0) is 25.2 Å². The zero-order valence-corrected chi connectivity index (χ0v) is 4.91. The number of rotatable bonds is 0. The molecule has 7 heavy (non-hydrogen) atoms. The zero-order valence-electron chi connectivity index (χ0n) is 4.91. The maximum atomic E-state index is 3.94. The highest BCUT2D eigenvalue weighted by Gasteiger charge is 2.12. The fourth-order valence-electron chi connectivity index (χ4n) is 1.09. The van der Waals surface area contributed by atoms with Crippen molar-refractivity contribution in [1.82, 2.24) is 0 Å². The lowest BCUT2D eigenvalue weighted by Crippen LogP contribution is -1.83. The predicted octanol–water partition coefficient (Wildman–Crippen LogP) is 2.36. The summed E-state index contributed by atoms with van der Waals surface area (Å²) in [5, 5.41) is 0. The molecule has 0 aromatic heterocycles. The van der Waals surface area contributed by atoms with E-state index in [9.17, 15) is 0 Å². The molecule has 1 fully saturated rings. The zero-order chi connectivity index (χ0) is 5.28. The van der Waals surface area contributed by atoms with E-state index in [-0.39, 0.29) is 0 Å². The Labute approximate surface area is 45.2 Å². The molecule has 0 aromatic carbocycles. The monoisotopic (exact) mass is 96.1 g/mol. The van der Waals surface area contributed by atoms with Crippen molar-refractivity contribution in [2.45, 2.75) is 26.2 Å². The Hall–Kier alpha value is -0.260. The second-order valence-corrected chi connectivity index (χ2v) is 2.45. The predicted molar refractivity (Wildman–Crippen MR) is 32.2 cm³/mol. The van der Waals surface area contributed by atoms with Crippen LogP contribution in [0.2, 0.25) is 0 Å². The first-order valence-electron chi connectivity index (χ1n) is 2.98. The molecule has 0 bridgehead atoms. The molecular weight excluding hydrogens is 84.1 g/mol. The SMILES string of the molecule is C=C1CCCC1C. The van der Waals surface area contributed by atoms with E-state index in [0.717, 1.165) is 5.92 Å². The van der Waals surface area contributed by atoms with E-state index in [1.54, 1.807) is 0 Å². The van der Waals surface area contributed by atoms with Gasteiger partial charge in [-0.1, -0.05) is 19.1 Å². The first-order valence-corrected chi connectivity index (χ1v) is 2.98. The molecule has 0 nitrogen and oxygen atoms in total. The van der Waals surface area contributed by atoms with Crippen molar-refractivity contribution in [3.8, 4) is 0 Å². The highest BCUT2D eigenvalue weighted by atomic mass is 14.2. The van der Waals surface area contributed by atoms with E-state index in [4.69, 9.17) is 0 Å². The molecule has 0 aliphatic heterocycles. The molecule has 0 heteroatoms. The Morgan fingerprint density at radius 3 is 2.57 bits per heavy atom. The lowest BCUT2D eigenvalue weighted by Gasteiger charge is -1.97. The van der Waals surface area contributed by atoms with E-state index in [2.05, 4.69) is 13.5 Å². The summed E-state index contributed by atoms with van der Waals surface area (Å²) >= 11 is 0. The van der Waals surface area contributed by atoms with Crippen molar-refractivity contribution in [3.63, 3.8) is 0 Å². The maximum Gasteiger partial charge on any atom is -0.0234 e. The van der Waals surface area contributed by atoms with Gasteiger partial charge in [0.25, 0.3) is 0 Å². The Bertz CT molecular complexity index is 82.0. The average molecular weight is 96.2 g/mol. The molecule has 1 unspecified atom stereocenters. The first kappa shape index (κ1) is 4.89. The third kappa shape index (κ3) is 0.846. The lowest BCUT2D eigenvalue weighted by molar-refractivity contribution is 0.697. The van der Waals surface area contributed by atoms with Gasteiger partial charge in [0.2, 0.25) is 0 Å². The number of allylic oxidation sites excluding steroid dienone is 1. The van der Waals surface area contributed by atoms with Crippen LogP contribution in [0.15, 0.2) is 12.2 Å². The van der Waals surface area contributed by atoms with Crippen LogP contribution in [0, 0.1) is 5.92 Å². The fraction of sp³-hybridized carbons (Fsp3) is 0.714. The molecule has 0 aromatic rings. The average Bonchev–Trinajstić information content (AvgIpc) is 1.91. The van der Waals surface area contributed by atoms with Gasteiger partial charge in [0.1, 0.15) is 0 Å². The molecule has 1 saturated carbocycles. The molecule has 1 atom stereocenters. The smallest absolute Gasteiger partial charge is 0.0234 e. The van der Waals surface area contributed by atoms with Crippen LogP contribution in [0.4, 0.5) is 0 Å². The van der Waals surface area contributed by atoms with Gasteiger partial charge in [-0.15, -0.1) is 0 Å². The lowest BCUT2D eigenvalue weighted by atomic mass is 10.1. The van der Waals surface area contributed by atoms with Crippen LogP contribution >= 0.6 is 0 Å². The molecule has 0 spiro atoms. The third-order valence-corrected chi connectivity index (χ3v) is 1.83. The first-order chi connectivity index (χ1) is 3.30. The minimum Gasteiger partial charge on any atom is -0.0996 e. The standard InChI is InChI=1S/C7H12/c1-6-4-3-5-7(6)2/h7H,1,3-5H2,2H3. The highest BCUT2D eigenvalue weighted by molar-refractivity contribution is 5.03. The fourth-order valence-corrected chi connectivity index (χ4v) is 1.09. The number of hydrogen-bond acceptors (Lipinski definition) is 0. The molecule has 0 saturated heterocycles. The number of hydrogen-bond donors (Lipinski definition) is 0. The van der Waals surface area contributed by atoms with Gasteiger partial charge < -0.3 is 0 Å². The van der Waals surface area contributed by atoms with Crippen molar-refractivity contribution in [3.05, 3.63) is 12.2 Å². The van der Waals surface area contributed by atoms with Crippen molar-refractivity contribution >= 4 is 0 Å². The highest BCUT2D eigenvalue weighted by Crippen LogP contribution is 2.28. The van der Waals surface area contributed by atoms with E-state index < -0.39 is 0 Å². The molecule has 0 amide bonds. The molecule has 1 rings (SSSR count). The minimum absolute atomic E-state index is 0.819. The molecule has 0 heterocycles. The summed E-state index contributed by atoms with van der Waals surface area (Å²) in [6.07, 6.45) is 4.03. The topological polar surface area (TPSA) is 0 Å². The maximum absolute atomic E-state index is 3.94. The van der Waals surface area contributed by atoms with E-state index in [0.29, 0.717) is 0 Å². The second-order valence-electron chi connectivity index (χ2n) is 2.45. The van der Waals surface area contributed by atoms with Crippen LogP contribution in [-0.2, 0) is 0 Å². The van der Waals surface area contributed by atoms with Gasteiger partial charge in [0.15, 0.2) is 0 Å². The van der Waals surface area contributed by atoms with Gasteiger partial charge >= 0.3 is 0 Å². The largest absolute Gasteiger partial charge is 0.0996 e. The van der Waals surface area contributed by atoms with Crippen LogP contribution < -0.4 is 0 Å². The molecule has 40 valence electrons. The summed E-state index contributed by atoms with van der Waals surface area (Å²) in [7, 11) is 0. The van der Waals surface area contributed by atoms with Crippen LogP contribution in [-0.4, -0.2) is 0 Å². The second kappa shape index (κ2) is 1.69.